The molecule has 0 heterocycles. The van der Waals surface area contributed by atoms with Crippen molar-refractivity contribution >= 4 is 21.6 Å². The molecule has 1 aromatic carbocycles. The zero-order valence-corrected chi connectivity index (χ0v) is 13.1. The number of nitrogens with zero attached hydrogens (tertiary/aromatic N) is 1. The van der Waals surface area contributed by atoms with Gasteiger partial charge in [0.05, 0.1) is 18.8 Å². The molecule has 18 heavy (non-hydrogen) atoms. The Morgan fingerprint density at radius 3 is 2.56 bits per heavy atom. The molecule has 0 bridgehead atoms. The molecule has 3 nitrogen and oxygen atoms in total. The lowest BCUT2D eigenvalue weighted by molar-refractivity contribution is 0.0845. The van der Waals surface area contributed by atoms with Crippen molar-refractivity contribution in [2.45, 2.75) is 33.0 Å². The Hall–Kier alpha value is -0.580. The van der Waals surface area contributed by atoms with Crippen LogP contribution in [0.5, 0.6) is 0 Å². The van der Waals surface area contributed by atoms with Crippen molar-refractivity contribution in [3.8, 4) is 0 Å². The number of aliphatic hydroxyl groups is 1. The zero-order valence-electron chi connectivity index (χ0n) is 11.5. The molecule has 1 rings (SSSR count). The fourth-order valence-electron chi connectivity index (χ4n) is 1.75. The molecular formula is C14H22BrNO2. The summed E-state index contributed by atoms with van der Waals surface area (Å²) in [5.41, 5.74) is 1.97. The zero-order chi connectivity index (χ0) is 13.7. The molecule has 0 saturated heterocycles. The first-order chi connectivity index (χ1) is 8.41. The van der Waals surface area contributed by atoms with Gasteiger partial charge in [0.1, 0.15) is 0 Å². The number of benzene rings is 1. The van der Waals surface area contributed by atoms with Crippen molar-refractivity contribution in [3.05, 3.63) is 28.2 Å². The van der Waals surface area contributed by atoms with Crippen LogP contribution >= 0.6 is 15.9 Å². The van der Waals surface area contributed by atoms with Crippen LogP contribution in [0.4, 0.5) is 5.69 Å². The molecule has 0 spiro atoms. The summed E-state index contributed by atoms with van der Waals surface area (Å²) in [7, 11) is 2.01. The molecule has 0 radical (unpaired) electrons. The lowest BCUT2D eigenvalue weighted by atomic mass is 10.1. The SMILES string of the molecule is CC(C)OCCN(C)c1ccc(Br)cc1C(C)O. The highest BCUT2D eigenvalue weighted by Gasteiger charge is 2.12. The Morgan fingerprint density at radius 2 is 2.00 bits per heavy atom. The standard InChI is InChI=1S/C14H22BrNO2/c1-10(2)18-8-7-16(4)14-6-5-12(15)9-13(14)11(3)17/h5-6,9-11,17H,7-8H2,1-4H3. The lowest BCUT2D eigenvalue weighted by Gasteiger charge is -2.24. The van der Waals surface area contributed by atoms with Crippen LogP contribution in [0, 0.1) is 0 Å². The number of halogens is 1. The van der Waals surface area contributed by atoms with E-state index in [1.54, 1.807) is 6.92 Å². The second-order valence-corrected chi connectivity index (χ2v) is 5.64. The molecular weight excluding hydrogens is 294 g/mol. The molecule has 1 atom stereocenters. The van der Waals surface area contributed by atoms with Gasteiger partial charge >= 0.3 is 0 Å². The summed E-state index contributed by atoms with van der Waals surface area (Å²) in [6.07, 6.45) is -0.231. The van der Waals surface area contributed by atoms with Crippen LogP contribution in [0.25, 0.3) is 0 Å². The van der Waals surface area contributed by atoms with Crippen molar-refractivity contribution in [3.63, 3.8) is 0 Å². The van der Waals surface area contributed by atoms with Crippen LogP contribution < -0.4 is 4.90 Å². The molecule has 0 saturated carbocycles. The highest BCUT2D eigenvalue weighted by Crippen LogP contribution is 2.28. The summed E-state index contributed by atoms with van der Waals surface area (Å²) < 4.78 is 6.53. The molecule has 0 aliphatic heterocycles. The number of ether oxygens (including phenoxy) is 1. The number of rotatable bonds is 6. The van der Waals surface area contributed by atoms with Gasteiger partial charge in [-0.3, -0.25) is 0 Å². The maximum absolute atomic E-state index is 9.81. The van der Waals surface area contributed by atoms with Crippen molar-refractivity contribution in [2.24, 2.45) is 0 Å². The quantitative estimate of drug-likeness (QED) is 0.873. The summed E-state index contributed by atoms with van der Waals surface area (Å²) in [6, 6.07) is 5.96. The minimum absolute atomic E-state index is 0.250. The number of anilines is 1. The van der Waals surface area contributed by atoms with Crippen LogP contribution in [0.3, 0.4) is 0 Å². The summed E-state index contributed by atoms with van der Waals surface area (Å²) in [6.45, 7) is 7.33. The van der Waals surface area contributed by atoms with Crippen molar-refractivity contribution < 1.29 is 9.84 Å². The van der Waals surface area contributed by atoms with E-state index in [1.807, 2.05) is 39.1 Å². The predicted molar refractivity (Wildman–Crippen MR) is 79.1 cm³/mol. The first-order valence-corrected chi connectivity index (χ1v) is 7.01. The third kappa shape index (κ3) is 4.59. The van der Waals surface area contributed by atoms with E-state index in [-0.39, 0.29) is 6.10 Å². The van der Waals surface area contributed by atoms with Gasteiger partial charge < -0.3 is 14.7 Å². The molecule has 1 aromatic rings. The third-order valence-electron chi connectivity index (χ3n) is 2.73. The van der Waals surface area contributed by atoms with Crippen LogP contribution in [0.15, 0.2) is 22.7 Å². The Balaban J connectivity index is 2.75. The van der Waals surface area contributed by atoms with E-state index in [0.717, 1.165) is 22.3 Å². The highest BCUT2D eigenvalue weighted by molar-refractivity contribution is 9.10. The van der Waals surface area contributed by atoms with Gasteiger partial charge in [-0.25, -0.2) is 0 Å². The van der Waals surface area contributed by atoms with Gasteiger partial charge in [0.15, 0.2) is 0 Å². The van der Waals surface area contributed by atoms with E-state index in [9.17, 15) is 5.11 Å². The van der Waals surface area contributed by atoms with Crippen LogP contribution in [0.2, 0.25) is 0 Å². The Kier molecular flexibility index (Phi) is 6.12. The topological polar surface area (TPSA) is 32.7 Å². The van der Waals surface area contributed by atoms with E-state index in [2.05, 4.69) is 20.8 Å². The van der Waals surface area contributed by atoms with E-state index >= 15 is 0 Å². The molecule has 102 valence electrons. The predicted octanol–water partition coefficient (Wildman–Crippen LogP) is 3.36. The molecule has 0 amide bonds. The van der Waals surface area contributed by atoms with Gasteiger partial charge in [-0.05, 0) is 39.0 Å². The van der Waals surface area contributed by atoms with Gasteiger partial charge in [-0.1, -0.05) is 15.9 Å². The third-order valence-corrected chi connectivity index (χ3v) is 3.22. The normalized spacial score (nSPS) is 12.8. The molecule has 1 N–H and O–H groups in total. The second kappa shape index (κ2) is 7.12. The molecule has 0 aromatic heterocycles. The summed E-state index contributed by atoms with van der Waals surface area (Å²) in [5.74, 6) is 0. The molecule has 0 aliphatic rings. The van der Waals surface area contributed by atoms with Crippen LogP contribution in [0.1, 0.15) is 32.4 Å². The average Bonchev–Trinajstić information content (AvgIpc) is 2.28. The maximum Gasteiger partial charge on any atom is 0.0782 e. The Bertz CT molecular complexity index is 380. The van der Waals surface area contributed by atoms with Gasteiger partial charge in [-0.2, -0.15) is 0 Å². The first kappa shape index (κ1) is 15.5. The maximum atomic E-state index is 9.81. The van der Waals surface area contributed by atoms with Crippen molar-refractivity contribution in [1.29, 1.82) is 0 Å². The minimum atomic E-state index is -0.481. The highest BCUT2D eigenvalue weighted by atomic mass is 79.9. The van der Waals surface area contributed by atoms with E-state index in [1.165, 1.54) is 0 Å². The largest absolute Gasteiger partial charge is 0.389 e. The van der Waals surface area contributed by atoms with E-state index < -0.39 is 6.10 Å². The monoisotopic (exact) mass is 315 g/mol. The number of aliphatic hydroxyl groups excluding tert-OH is 1. The van der Waals surface area contributed by atoms with E-state index in [4.69, 9.17) is 4.74 Å². The summed E-state index contributed by atoms with van der Waals surface area (Å²) in [5, 5.41) is 9.81. The van der Waals surface area contributed by atoms with Gasteiger partial charge in [0.2, 0.25) is 0 Å². The fourth-order valence-corrected chi connectivity index (χ4v) is 2.13. The molecule has 4 heteroatoms. The smallest absolute Gasteiger partial charge is 0.0782 e. The first-order valence-electron chi connectivity index (χ1n) is 6.22. The summed E-state index contributed by atoms with van der Waals surface area (Å²) in [4.78, 5) is 2.11. The Morgan fingerprint density at radius 1 is 1.33 bits per heavy atom. The van der Waals surface area contributed by atoms with Crippen molar-refractivity contribution in [2.75, 3.05) is 25.1 Å². The van der Waals surface area contributed by atoms with E-state index in [0.29, 0.717) is 6.61 Å². The number of hydrogen-bond donors (Lipinski definition) is 1. The molecule has 0 aliphatic carbocycles. The average molecular weight is 316 g/mol. The Labute approximate surface area is 118 Å². The number of likely N-dealkylation sites (N-methyl/N-ethyl adjacent to an activating group) is 1. The minimum Gasteiger partial charge on any atom is -0.389 e. The molecule has 0 fully saturated rings. The summed E-state index contributed by atoms with van der Waals surface area (Å²) >= 11 is 3.43. The number of hydrogen-bond acceptors (Lipinski definition) is 3. The van der Waals surface area contributed by atoms with Crippen molar-refractivity contribution in [1.82, 2.24) is 0 Å². The lowest BCUT2D eigenvalue weighted by Crippen LogP contribution is -2.25. The fraction of sp³-hybridized carbons (Fsp3) is 0.571. The van der Waals surface area contributed by atoms with Gasteiger partial charge in [0.25, 0.3) is 0 Å². The van der Waals surface area contributed by atoms with Crippen LogP contribution in [-0.2, 0) is 4.74 Å². The van der Waals surface area contributed by atoms with Gasteiger partial charge in [0, 0.05) is 29.3 Å². The van der Waals surface area contributed by atoms with Crippen LogP contribution in [-0.4, -0.2) is 31.4 Å². The second-order valence-electron chi connectivity index (χ2n) is 4.72. The molecule has 1 unspecified atom stereocenters. The van der Waals surface area contributed by atoms with Gasteiger partial charge in [-0.15, -0.1) is 0 Å².